The van der Waals surface area contributed by atoms with E-state index in [-0.39, 0.29) is 17.3 Å². The van der Waals surface area contributed by atoms with Gasteiger partial charge in [-0.1, -0.05) is 17.8 Å². The summed E-state index contributed by atoms with van der Waals surface area (Å²) in [6, 6.07) is 13.1. The van der Waals surface area contributed by atoms with Crippen molar-refractivity contribution in [2.75, 3.05) is 11.1 Å². The molecule has 3 aromatic heterocycles. The lowest BCUT2D eigenvalue weighted by Gasteiger charge is -2.09. The standard InChI is InChI=1S/C20H16N6O4S/c27-18(22-15-3-1-4-16(11-15)26(28)29)13-31-20-24-23-19(14-6-8-21-9-7-14)25(20)12-17-5-2-10-30-17/h1-11H,12-13H2,(H,22,27). The molecule has 0 radical (unpaired) electrons. The molecule has 1 amide bonds. The maximum absolute atomic E-state index is 12.4. The van der Waals surface area contributed by atoms with E-state index in [1.807, 2.05) is 22.8 Å². The fraction of sp³-hybridized carbons (Fsp3) is 0.100. The SMILES string of the molecule is O=C(CSc1nnc(-c2ccncc2)n1Cc1ccco1)Nc1cccc([N+](=O)[O-])c1. The first-order valence-electron chi connectivity index (χ1n) is 9.13. The molecular formula is C20H16N6O4S. The van der Waals surface area contributed by atoms with Crippen LogP contribution in [-0.2, 0) is 11.3 Å². The largest absolute Gasteiger partial charge is 0.467 e. The van der Waals surface area contributed by atoms with Gasteiger partial charge in [-0.25, -0.2) is 0 Å². The van der Waals surface area contributed by atoms with Gasteiger partial charge in [-0.2, -0.15) is 0 Å². The molecular weight excluding hydrogens is 420 g/mol. The van der Waals surface area contributed by atoms with Crippen molar-refractivity contribution in [3.63, 3.8) is 0 Å². The molecule has 4 aromatic rings. The van der Waals surface area contributed by atoms with Crippen molar-refractivity contribution in [1.29, 1.82) is 0 Å². The van der Waals surface area contributed by atoms with Crippen LogP contribution in [0.5, 0.6) is 0 Å². The van der Waals surface area contributed by atoms with E-state index < -0.39 is 4.92 Å². The van der Waals surface area contributed by atoms with Crippen LogP contribution in [0, 0.1) is 10.1 Å². The molecule has 11 heteroatoms. The first-order chi connectivity index (χ1) is 15.1. The average molecular weight is 436 g/mol. The smallest absolute Gasteiger partial charge is 0.271 e. The summed E-state index contributed by atoms with van der Waals surface area (Å²) in [6.07, 6.45) is 4.92. The number of rotatable bonds is 8. The van der Waals surface area contributed by atoms with Crippen LogP contribution in [0.3, 0.4) is 0 Å². The molecule has 0 saturated carbocycles. The van der Waals surface area contributed by atoms with E-state index in [9.17, 15) is 14.9 Å². The number of hydrogen-bond acceptors (Lipinski definition) is 8. The fourth-order valence-electron chi connectivity index (χ4n) is 2.84. The number of thioether (sulfide) groups is 1. The number of furan rings is 1. The van der Waals surface area contributed by atoms with Gasteiger partial charge in [-0.3, -0.25) is 24.5 Å². The number of carbonyl (C=O) groups excluding carboxylic acids is 1. The third-order valence-corrected chi connectivity index (χ3v) is 5.19. The molecule has 31 heavy (non-hydrogen) atoms. The number of non-ortho nitro benzene ring substituents is 1. The summed E-state index contributed by atoms with van der Waals surface area (Å²) in [5.41, 5.74) is 1.10. The van der Waals surface area contributed by atoms with Gasteiger partial charge in [0.05, 0.1) is 23.5 Å². The topological polar surface area (TPSA) is 129 Å². The molecule has 156 valence electrons. The van der Waals surface area contributed by atoms with E-state index in [0.717, 1.165) is 11.3 Å². The number of nitro groups is 1. The van der Waals surface area contributed by atoms with Crippen LogP contribution < -0.4 is 5.32 Å². The first-order valence-corrected chi connectivity index (χ1v) is 10.1. The second kappa shape index (κ2) is 9.22. The molecule has 0 bridgehead atoms. The number of hydrogen-bond donors (Lipinski definition) is 1. The molecule has 4 rings (SSSR count). The Labute approximate surface area is 180 Å². The number of carbonyl (C=O) groups is 1. The number of nitro benzene ring substituents is 1. The van der Waals surface area contributed by atoms with Crippen LogP contribution in [0.15, 0.2) is 76.8 Å². The molecule has 0 aliphatic rings. The Morgan fingerprint density at radius 1 is 1.16 bits per heavy atom. The van der Waals surface area contributed by atoms with Crippen LogP contribution in [0.4, 0.5) is 11.4 Å². The summed E-state index contributed by atoms with van der Waals surface area (Å²) >= 11 is 1.21. The molecule has 0 aliphatic heterocycles. The Morgan fingerprint density at radius 2 is 2.00 bits per heavy atom. The predicted molar refractivity (Wildman–Crippen MR) is 114 cm³/mol. The average Bonchev–Trinajstić information content (AvgIpc) is 3.43. The molecule has 0 aliphatic carbocycles. The van der Waals surface area contributed by atoms with E-state index in [1.54, 1.807) is 30.8 Å². The van der Waals surface area contributed by atoms with Crippen LogP contribution in [0.2, 0.25) is 0 Å². The lowest BCUT2D eigenvalue weighted by molar-refractivity contribution is -0.384. The molecule has 0 atom stereocenters. The number of pyridine rings is 1. The molecule has 10 nitrogen and oxygen atoms in total. The molecule has 1 N–H and O–H groups in total. The maximum Gasteiger partial charge on any atom is 0.271 e. The zero-order chi connectivity index (χ0) is 21.6. The zero-order valence-corrected chi connectivity index (χ0v) is 16.9. The summed E-state index contributed by atoms with van der Waals surface area (Å²) < 4.78 is 7.32. The van der Waals surface area contributed by atoms with Gasteiger partial charge in [0.15, 0.2) is 11.0 Å². The minimum absolute atomic E-state index is 0.0509. The molecule has 0 fully saturated rings. The molecule has 1 aromatic carbocycles. The number of amides is 1. The third-order valence-electron chi connectivity index (χ3n) is 4.22. The van der Waals surface area contributed by atoms with Crippen LogP contribution in [0.1, 0.15) is 5.76 Å². The van der Waals surface area contributed by atoms with Gasteiger partial charge in [-0.15, -0.1) is 10.2 Å². The lowest BCUT2D eigenvalue weighted by Crippen LogP contribution is -2.15. The Kier molecular flexibility index (Phi) is 6.03. The van der Waals surface area contributed by atoms with Crippen molar-refractivity contribution in [3.05, 3.63) is 83.1 Å². The maximum atomic E-state index is 12.4. The highest BCUT2D eigenvalue weighted by molar-refractivity contribution is 7.99. The van der Waals surface area contributed by atoms with Crippen molar-refractivity contribution in [3.8, 4) is 11.4 Å². The summed E-state index contributed by atoms with van der Waals surface area (Å²) in [5.74, 6) is 1.08. The van der Waals surface area contributed by atoms with Gasteiger partial charge in [0.1, 0.15) is 5.76 Å². The normalized spacial score (nSPS) is 10.7. The van der Waals surface area contributed by atoms with E-state index in [0.29, 0.717) is 23.2 Å². The highest BCUT2D eigenvalue weighted by Gasteiger charge is 2.17. The Bertz CT molecular complexity index is 1190. The molecule has 0 unspecified atom stereocenters. The van der Waals surface area contributed by atoms with Crippen molar-refractivity contribution in [2.24, 2.45) is 0 Å². The number of aromatic nitrogens is 4. The molecule has 0 saturated heterocycles. The van der Waals surface area contributed by atoms with E-state index in [1.165, 1.54) is 30.0 Å². The van der Waals surface area contributed by atoms with Crippen molar-refractivity contribution < 1.29 is 14.1 Å². The van der Waals surface area contributed by atoms with E-state index in [4.69, 9.17) is 4.42 Å². The summed E-state index contributed by atoms with van der Waals surface area (Å²) in [4.78, 5) is 26.8. The van der Waals surface area contributed by atoms with Crippen LogP contribution >= 0.6 is 11.8 Å². The summed E-state index contributed by atoms with van der Waals surface area (Å²) in [5, 5.41) is 22.6. The third kappa shape index (κ3) is 4.95. The minimum Gasteiger partial charge on any atom is -0.467 e. The highest BCUT2D eigenvalue weighted by Crippen LogP contribution is 2.25. The van der Waals surface area contributed by atoms with Crippen LogP contribution in [0.25, 0.3) is 11.4 Å². The molecule has 3 heterocycles. The predicted octanol–water partition coefficient (Wildman–Crippen LogP) is 3.62. The zero-order valence-electron chi connectivity index (χ0n) is 16.0. The van der Waals surface area contributed by atoms with Gasteiger partial charge in [0, 0.05) is 35.8 Å². The van der Waals surface area contributed by atoms with Gasteiger partial charge in [0.25, 0.3) is 5.69 Å². The first kappa shape index (κ1) is 20.3. The summed E-state index contributed by atoms with van der Waals surface area (Å²) in [6.45, 7) is 0.395. The molecule has 0 spiro atoms. The number of nitrogens with one attached hydrogen (secondary N) is 1. The van der Waals surface area contributed by atoms with E-state index >= 15 is 0 Å². The Hall–Kier alpha value is -3.99. The Morgan fingerprint density at radius 3 is 2.74 bits per heavy atom. The lowest BCUT2D eigenvalue weighted by atomic mass is 10.2. The van der Waals surface area contributed by atoms with Gasteiger partial charge < -0.3 is 9.73 Å². The number of anilines is 1. The van der Waals surface area contributed by atoms with Gasteiger partial charge >= 0.3 is 0 Å². The van der Waals surface area contributed by atoms with Gasteiger partial charge in [-0.05, 0) is 30.3 Å². The second-order valence-electron chi connectivity index (χ2n) is 6.35. The minimum atomic E-state index is -0.512. The van der Waals surface area contributed by atoms with Gasteiger partial charge in [0.2, 0.25) is 5.91 Å². The fourth-order valence-corrected chi connectivity index (χ4v) is 3.57. The van der Waals surface area contributed by atoms with Crippen molar-refractivity contribution >= 4 is 29.0 Å². The van der Waals surface area contributed by atoms with Crippen molar-refractivity contribution in [2.45, 2.75) is 11.7 Å². The number of benzene rings is 1. The monoisotopic (exact) mass is 436 g/mol. The van der Waals surface area contributed by atoms with Crippen LogP contribution in [-0.4, -0.2) is 36.3 Å². The summed E-state index contributed by atoms with van der Waals surface area (Å²) in [7, 11) is 0. The van der Waals surface area contributed by atoms with Crippen molar-refractivity contribution in [1.82, 2.24) is 19.7 Å². The number of nitrogens with zero attached hydrogens (tertiary/aromatic N) is 5. The second-order valence-corrected chi connectivity index (χ2v) is 7.29. The quantitative estimate of drug-likeness (QED) is 0.252. The highest BCUT2D eigenvalue weighted by atomic mass is 32.2. The Balaban J connectivity index is 1.50. The van der Waals surface area contributed by atoms with E-state index in [2.05, 4.69) is 20.5 Å².